The zero-order valence-corrected chi connectivity index (χ0v) is 15.6. The van der Waals surface area contributed by atoms with Crippen LogP contribution >= 0.6 is 0 Å². The van der Waals surface area contributed by atoms with E-state index in [9.17, 15) is 4.79 Å². The van der Waals surface area contributed by atoms with Crippen LogP contribution in [0.2, 0.25) is 0 Å². The summed E-state index contributed by atoms with van der Waals surface area (Å²) in [6, 6.07) is 14.0. The lowest BCUT2D eigenvalue weighted by Crippen LogP contribution is -2.24. The van der Waals surface area contributed by atoms with E-state index in [0.29, 0.717) is 23.3 Å². The highest BCUT2D eigenvalue weighted by Gasteiger charge is 2.28. The Morgan fingerprint density at radius 3 is 2.22 bits per heavy atom. The fourth-order valence-corrected chi connectivity index (χ4v) is 3.62. The van der Waals surface area contributed by atoms with Crippen molar-refractivity contribution in [3.8, 4) is 22.3 Å². The van der Waals surface area contributed by atoms with E-state index in [2.05, 4.69) is 18.2 Å². The van der Waals surface area contributed by atoms with Crippen molar-refractivity contribution in [2.24, 2.45) is 5.92 Å². The standard InChI is InChI=1S/C23H21NO3/c1-13-10-20(26-2)21(27-3)12-18(13)23(25)22(24)15-6-4-14(5-7-15)19-11-16-8-9-17(16)19/h4-9,11-13,24H,10H2,1-3H3. The average molecular weight is 359 g/mol. The molecule has 4 nitrogen and oxygen atoms in total. The summed E-state index contributed by atoms with van der Waals surface area (Å²) < 4.78 is 10.7. The molecule has 3 aliphatic rings. The third-order valence-electron chi connectivity index (χ3n) is 5.35. The number of rotatable bonds is 6. The van der Waals surface area contributed by atoms with Gasteiger partial charge in [0, 0.05) is 17.6 Å². The van der Waals surface area contributed by atoms with Crippen LogP contribution in [0.1, 0.15) is 18.9 Å². The van der Waals surface area contributed by atoms with Crippen molar-refractivity contribution in [3.05, 3.63) is 71.2 Å². The molecule has 0 saturated carbocycles. The molecule has 0 bridgehead atoms. The van der Waals surface area contributed by atoms with Crippen molar-refractivity contribution in [2.75, 3.05) is 14.2 Å². The van der Waals surface area contributed by atoms with E-state index in [4.69, 9.17) is 14.9 Å². The Labute approximate surface area is 158 Å². The summed E-state index contributed by atoms with van der Waals surface area (Å²) in [6.07, 6.45) is 2.29. The zero-order chi connectivity index (χ0) is 19.1. The van der Waals surface area contributed by atoms with E-state index >= 15 is 0 Å². The Morgan fingerprint density at radius 1 is 1.00 bits per heavy atom. The van der Waals surface area contributed by atoms with Gasteiger partial charge in [-0.15, -0.1) is 0 Å². The van der Waals surface area contributed by atoms with Crippen LogP contribution in [-0.4, -0.2) is 25.7 Å². The lowest BCUT2D eigenvalue weighted by molar-refractivity contribution is -0.110. The first-order valence-electron chi connectivity index (χ1n) is 8.94. The molecule has 0 heterocycles. The predicted molar refractivity (Wildman–Crippen MR) is 106 cm³/mol. The van der Waals surface area contributed by atoms with Gasteiger partial charge in [0.25, 0.3) is 0 Å². The molecule has 1 aromatic rings. The van der Waals surface area contributed by atoms with E-state index < -0.39 is 0 Å². The van der Waals surface area contributed by atoms with Crippen molar-refractivity contribution >= 4 is 11.5 Å². The summed E-state index contributed by atoms with van der Waals surface area (Å²) in [7, 11) is 3.15. The lowest BCUT2D eigenvalue weighted by Gasteiger charge is -2.23. The maximum Gasteiger partial charge on any atom is 0.207 e. The first-order valence-corrected chi connectivity index (χ1v) is 8.94. The second-order valence-electron chi connectivity index (χ2n) is 6.94. The number of benzene rings is 2. The number of carbonyl (C=O) groups is 1. The van der Waals surface area contributed by atoms with Crippen LogP contribution in [0, 0.1) is 11.3 Å². The number of carbonyl (C=O) groups excluding carboxylic acids is 1. The van der Waals surface area contributed by atoms with Gasteiger partial charge in [0.05, 0.1) is 14.2 Å². The maximum atomic E-state index is 12.9. The first kappa shape index (κ1) is 17.3. The first-order chi connectivity index (χ1) is 13.0. The Morgan fingerprint density at radius 2 is 1.70 bits per heavy atom. The molecule has 136 valence electrons. The topological polar surface area (TPSA) is 59.4 Å². The van der Waals surface area contributed by atoms with Gasteiger partial charge in [-0.2, -0.15) is 0 Å². The Bertz CT molecular complexity index is 1010. The van der Waals surface area contributed by atoms with Crippen LogP contribution in [-0.2, 0) is 14.3 Å². The summed E-state index contributed by atoms with van der Waals surface area (Å²) in [5.74, 6) is 0.984. The van der Waals surface area contributed by atoms with Crippen LogP contribution in [0.3, 0.4) is 0 Å². The highest BCUT2D eigenvalue weighted by Crippen LogP contribution is 2.43. The summed E-state index contributed by atoms with van der Waals surface area (Å²) in [6.45, 7) is 1.96. The molecule has 1 aromatic carbocycles. The Hall–Kier alpha value is -3.14. The van der Waals surface area contributed by atoms with Crippen LogP contribution in [0.25, 0.3) is 22.3 Å². The number of hydrogen-bond acceptors (Lipinski definition) is 4. The van der Waals surface area contributed by atoms with E-state index in [1.807, 2.05) is 31.2 Å². The van der Waals surface area contributed by atoms with Gasteiger partial charge in [-0.1, -0.05) is 43.3 Å². The number of ether oxygens (including phenoxy) is 2. The molecule has 0 aromatic heterocycles. The minimum atomic E-state index is -0.269. The van der Waals surface area contributed by atoms with Gasteiger partial charge in [-0.05, 0) is 40.3 Å². The SMILES string of the molecule is COC1=C(OC)CC(C)C(C(=O)C(=N)c2ccc(-c3cc4ccc3-4)cc2)=C1. The van der Waals surface area contributed by atoms with Gasteiger partial charge < -0.3 is 9.47 Å². The summed E-state index contributed by atoms with van der Waals surface area (Å²) in [5.41, 5.74) is 6.13. The molecule has 0 spiro atoms. The van der Waals surface area contributed by atoms with E-state index in [1.54, 1.807) is 20.3 Å². The third-order valence-corrected chi connectivity index (χ3v) is 5.35. The quantitative estimate of drug-likeness (QED) is 0.647. The molecule has 4 heteroatoms. The normalized spacial score (nSPS) is 17.3. The van der Waals surface area contributed by atoms with Gasteiger partial charge in [0.2, 0.25) is 5.78 Å². The lowest BCUT2D eigenvalue weighted by atomic mass is 9.82. The highest BCUT2D eigenvalue weighted by molar-refractivity contribution is 6.50. The average Bonchev–Trinajstić information content (AvgIpc) is 2.68. The molecular formula is C23H21NO3. The van der Waals surface area contributed by atoms with Crippen molar-refractivity contribution in [3.63, 3.8) is 0 Å². The molecule has 4 rings (SSSR count). The largest absolute Gasteiger partial charge is 0.497 e. The second kappa shape index (κ2) is 6.54. The number of nitrogens with one attached hydrogen (secondary N) is 1. The smallest absolute Gasteiger partial charge is 0.207 e. The van der Waals surface area contributed by atoms with Crippen LogP contribution < -0.4 is 0 Å². The van der Waals surface area contributed by atoms with Gasteiger partial charge in [0.15, 0.2) is 5.76 Å². The third kappa shape index (κ3) is 2.78. The van der Waals surface area contributed by atoms with Crippen molar-refractivity contribution in [1.29, 1.82) is 5.41 Å². The molecule has 1 unspecified atom stereocenters. The highest BCUT2D eigenvalue weighted by atomic mass is 16.5. The van der Waals surface area contributed by atoms with Crippen molar-refractivity contribution < 1.29 is 14.3 Å². The Balaban J connectivity index is 1.57. The number of Topliss-reactive ketones (excluding diaryl/α,β-unsaturated/α-hetero) is 1. The van der Waals surface area contributed by atoms with Crippen LogP contribution in [0.5, 0.6) is 0 Å². The van der Waals surface area contributed by atoms with Gasteiger partial charge in [0.1, 0.15) is 11.5 Å². The van der Waals surface area contributed by atoms with E-state index in [1.165, 1.54) is 16.7 Å². The predicted octanol–water partition coefficient (Wildman–Crippen LogP) is 4.74. The number of methoxy groups -OCH3 is 2. The number of hydrogen-bond donors (Lipinski definition) is 1. The van der Waals surface area contributed by atoms with Crippen LogP contribution in [0.15, 0.2) is 65.6 Å². The summed E-state index contributed by atoms with van der Waals surface area (Å²) >= 11 is 0. The molecule has 0 amide bonds. The zero-order valence-electron chi connectivity index (χ0n) is 15.6. The Kier molecular flexibility index (Phi) is 4.19. The van der Waals surface area contributed by atoms with E-state index in [-0.39, 0.29) is 17.4 Å². The molecule has 3 aliphatic carbocycles. The molecule has 0 saturated heterocycles. The summed E-state index contributed by atoms with van der Waals surface area (Å²) in [4.78, 5) is 12.9. The van der Waals surface area contributed by atoms with E-state index in [0.717, 1.165) is 11.3 Å². The maximum absolute atomic E-state index is 12.9. The number of ketones is 1. The molecule has 0 radical (unpaired) electrons. The van der Waals surface area contributed by atoms with Crippen molar-refractivity contribution in [1.82, 2.24) is 0 Å². The monoisotopic (exact) mass is 359 g/mol. The molecule has 0 fully saturated rings. The molecule has 0 aliphatic heterocycles. The van der Waals surface area contributed by atoms with Gasteiger partial charge in [-0.25, -0.2) is 0 Å². The molecular weight excluding hydrogens is 338 g/mol. The summed E-state index contributed by atoms with van der Waals surface area (Å²) in [5, 5.41) is 8.39. The minimum absolute atomic E-state index is 0.00186. The number of fused-ring (bicyclic) bond motifs is 1. The van der Waals surface area contributed by atoms with Gasteiger partial charge >= 0.3 is 0 Å². The second-order valence-corrected chi connectivity index (χ2v) is 6.94. The fraction of sp³-hybridized carbons (Fsp3) is 0.217. The fourth-order valence-electron chi connectivity index (χ4n) is 3.62. The molecule has 1 N–H and O–H groups in total. The minimum Gasteiger partial charge on any atom is -0.497 e. The number of allylic oxidation sites excluding steroid dienone is 3. The molecule has 27 heavy (non-hydrogen) atoms. The van der Waals surface area contributed by atoms with Crippen LogP contribution in [0.4, 0.5) is 0 Å². The molecule has 1 atom stereocenters. The van der Waals surface area contributed by atoms with Crippen molar-refractivity contribution in [2.45, 2.75) is 13.3 Å². The van der Waals surface area contributed by atoms with Gasteiger partial charge in [-0.3, -0.25) is 10.2 Å².